The maximum Gasteiger partial charge on any atom is 0.253 e. The van der Waals surface area contributed by atoms with Crippen LogP contribution in [0.25, 0.3) is 0 Å². The van der Waals surface area contributed by atoms with Crippen molar-refractivity contribution in [2.24, 2.45) is 0 Å². The lowest BCUT2D eigenvalue weighted by atomic mass is 9.93. The minimum Gasteiger partial charge on any atom is -0.340 e. The summed E-state index contributed by atoms with van der Waals surface area (Å²) in [4.78, 5) is 33.8. The largest absolute Gasteiger partial charge is 0.340 e. The first kappa shape index (κ1) is 24.3. The first-order valence-electron chi connectivity index (χ1n) is 11.9. The SMILES string of the molecule is O=C(CN1CCc2sccc2C1c1ccc(Cl)cc1)N1CCCN(C(=O)c2ccc(Cl)cc2)CC1. The molecule has 1 unspecified atom stereocenters. The average Bonchev–Trinajstić information content (AvgIpc) is 3.20. The molecule has 0 bridgehead atoms. The van der Waals surface area contributed by atoms with Crippen LogP contribution in [0.5, 0.6) is 0 Å². The molecule has 8 heteroatoms. The van der Waals surface area contributed by atoms with E-state index < -0.39 is 0 Å². The number of carbonyl (C=O) groups excluding carboxylic acids is 2. The fraction of sp³-hybridized carbons (Fsp3) is 0.333. The number of thiophene rings is 1. The molecule has 0 spiro atoms. The summed E-state index contributed by atoms with van der Waals surface area (Å²) >= 11 is 13.9. The van der Waals surface area contributed by atoms with E-state index in [1.54, 1.807) is 35.6 Å². The highest BCUT2D eigenvalue weighted by molar-refractivity contribution is 7.10. The molecule has 0 saturated carbocycles. The van der Waals surface area contributed by atoms with E-state index >= 15 is 0 Å². The van der Waals surface area contributed by atoms with Gasteiger partial charge in [0.05, 0.1) is 12.6 Å². The van der Waals surface area contributed by atoms with Gasteiger partial charge in [0, 0.05) is 53.2 Å². The summed E-state index contributed by atoms with van der Waals surface area (Å²) in [6.07, 6.45) is 1.72. The molecule has 3 aromatic rings. The number of halogens is 2. The van der Waals surface area contributed by atoms with Crippen LogP contribution in [0.15, 0.2) is 60.0 Å². The van der Waals surface area contributed by atoms with Crippen LogP contribution in [0.3, 0.4) is 0 Å². The molecule has 2 aliphatic rings. The molecule has 35 heavy (non-hydrogen) atoms. The Bertz CT molecular complexity index is 1200. The Balaban J connectivity index is 1.27. The molecular formula is C27H27Cl2N3O2S. The van der Waals surface area contributed by atoms with Gasteiger partial charge in [-0.25, -0.2) is 0 Å². The summed E-state index contributed by atoms with van der Waals surface area (Å²) in [5.74, 6) is 0.100. The van der Waals surface area contributed by atoms with Crippen LogP contribution in [0.2, 0.25) is 10.0 Å². The predicted octanol–water partition coefficient (Wildman–Crippen LogP) is 5.38. The van der Waals surface area contributed by atoms with Gasteiger partial charge in [0.2, 0.25) is 5.91 Å². The van der Waals surface area contributed by atoms with E-state index in [0.29, 0.717) is 48.3 Å². The third-order valence-corrected chi connectivity index (χ3v) is 8.32. The molecule has 2 aliphatic heterocycles. The molecule has 2 aromatic carbocycles. The molecule has 182 valence electrons. The fourth-order valence-corrected chi connectivity index (χ4v) is 6.15. The summed E-state index contributed by atoms with van der Waals surface area (Å²) in [6.45, 7) is 3.56. The highest BCUT2D eigenvalue weighted by atomic mass is 35.5. The van der Waals surface area contributed by atoms with Crippen LogP contribution < -0.4 is 0 Å². The zero-order chi connectivity index (χ0) is 24.4. The van der Waals surface area contributed by atoms with Crippen molar-refractivity contribution in [3.8, 4) is 0 Å². The van der Waals surface area contributed by atoms with Crippen LogP contribution in [0, 0.1) is 0 Å². The monoisotopic (exact) mass is 527 g/mol. The van der Waals surface area contributed by atoms with E-state index in [-0.39, 0.29) is 17.9 Å². The van der Waals surface area contributed by atoms with E-state index in [9.17, 15) is 9.59 Å². The first-order chi connectivity index (χ1) is 17.0. The Kier molecular flexibility index (Phi) is 7.44. The van der Waals surface area contributed by atoms with Crippen molar-refractivity contribution in [2.75, 3.05) is 39.3 Å². The number of amides is 2. The van der Waals surface area contributed by atoms with Gasteiger partial charge in [-0.15, -0.1) is 11.3 Å². The van der Waals surface area contributed by atoms with Crippen molar-refractivity contribution >= 4 is 46.4 Å². The van der Waals surface area contributed by atoms with Gasteiger partial charge in [-0.1, -0.05) is 35.3 Å². The zero-order valence-electron chi connectivity index (χ0n) is 19.3. The topological polar surface area (TPSA) is 43.9 Å². The van der Waals surface area contributed by atoms with Gasteiger partial charge in [-0.2, -0.15) is 0 Å². The number of carbonyl (C=O) groups is 2. The van der Waals surface area contributed by atoms with Gasteiger partial charge in [0.1, 0.15) is 0 Å². The van der Waals surface area contributed by atoms with Gasteiger partial charge < -0.3 is 9.80 Å². The molecule has 0 N–H and O–H groups in total. The van der Waals surface area contributed by atoms with E-state index in [2.05, 4.69) is 28.5 Å². The minimum atomic E-state index is -0.0141. The third kappa shape index (κ3) is 5.41. The Morgan fingerprint density at radius 2 is 1.49 bits per heavy atom. The Hall–Kier alpha value is -2.38. The summed E-state index contributed by atoms with van der Waals surface area (Å²) in [5.41, 5.74) is 3.06. The zero-order valence-corrected chi connectivity index (χ0v) is 21.7. The van der Waals surface area contributed by atoms with Crippen LogP contribution in [0.1, 0.15) is 38.8 Å². The van der Waals surface area contributed by atoms with E-state index in [4.69, 9.17) is 23.2 Å². The number of nitrogens with zero attached hydrogens (tertiary/aromatic N) is 3. The van der Waals surface area contributed by atoms with Crippen molar-refractivity contribution in [3.63, 3.8) is 0 Å². The first-order valence-corrected chi connectivity index (χ1v) is 13.5. The van der Waals surface area contributed by atoms with Crippen LogP contribution in [0.4, 0.5) is 0 Å². The van der Waals surface area contributed by atoms with Crippen molar-refractivity contribution in [2.45, 2.75) is 18.9 Å². The van der Waals surface area contributed by atoms with Crippen molar-refractivity contribution < 1.29 is 9.59 Å². The van der Waals surface area contributed by atoms with Gasteiger partial charge >= 0.3 is 0 Å². The van der Waals surface area contributed by atoms with E-state index in [0.717, 1.165) is 24.9 Å². The highest BCUT2D eigenvalue weighted by Crippen LogP contribution is 2.38. The van der Waals surface area contributed by atoms with Crippen molar-refractivity contribution in [3.05, 3.63) is 91.6 Å². The second kappa shape index (κ2) is 10.7. The van der Waals surface area contributed by atoms with E-state index in [1.807, 2.05) is 21.9 Å². The van der Waals surface area contributed by atoms with Crippen LogP contribution >= 0.6 is 34.5 Å². The second-order valence-corrected chi connectivity index (χ2v) is 10.9. The van der Waals surface area contributed by atoms with Gasteiger partial charge in [-0.05, 0) is 71.8 Å². The predicted molar refractivity (Wildman–Crippen MR) is 141 cm³/mol. The molecule has 0 aliphatic carbocycles. The van der Waals surface area contributed by atoms with E-state index in [1.165, 1.54) is 10.4 Å². The van der Waals surface area contributed by atoms with Crippen molar-refractivity contribution in [1.29, 1.82) is 0 Å². The maximum absolute atomic E-state index is 13.4. The van der Waals surface area contributed by atoms with Gasteiger partial charge in [0.25, 0.3) is 5.91 Å². The molecule has 1 aromatic heterocycles. The molecule has 1 saturated heterocycles. The lowest BCUT2D eigenvalue weighted by Crippen LogP contribution is -2.45. The molecule has 2 amide bonds. The third-order valence-electron chi connectivity index (χ3n) is 6.82. The summed E-state index contributed by atoms with van der Waals surface area (Å²) in [5, 5.41) is 3.46. The average molecular weight is 529 g/mol. The lowest BCUT2D eigenvalue weighted by molar-refractivity contribution is -0.132. The van der Waals surface area contributed by atoms with Gasteiger partial charge in [-0.3, -0.25) is 14.5 Å². The maximum atomic E-state index is 13.4. The number of benzene rings is 2. The molecule has 0 radical (unpaired) electrons. The second-order valence-electron chi connectivity index (χ2n) is 9.01. The normalized spacial score (nSPS) is 18.7. The number of hydrogen-bond donors (Lipinski definition) is 0. The van der Waals surface area contributed by atoms with Gasteiger partial charge in [0.15, 0.2) is 0 Å². The molecule has 1 atom stereocenters. The summed E-state index contributed by atoms with van der Waals surface area (Å²) < 4.78 is 0. The minimum absolute atomic E-state index is 0.0141. The Labute approximate surface area is 219 Å². The smallest absolute Gasteiger partial charge is 0.253 e. The number of hydrogen-bond acceptors (Lipinski definition) is 4. The standard InChI is InChI=1S/C27H27Cl2N3O2S/c28-21-6-2-19(3-7-21)26-23-11-17-35-24(23)10-14-32(26)18-25(33)30-12-1-13-31(16-15-30)27(34)20-4-8-22(29)9-5-20/h2-9,11,17,26H,1,10,12-16,18H2. The summed E-state index contributed by atoms with van der Waals surface area (Å²) in [7, 11) is 0. The Morgan fingerprint density at radius 3 is 2.23 bits per heavy atom. The highest BCUT2D eigenvalue weighted by Gasteiger charge is 2.32. The molecule has 3 heterocycles. The van der Waals surface area contributed by atoms with Crippen LogP contribution in [-0.2, 0) is 11.2 Å². The molecular weight excluding hydrogens is 501 g/mol. The number of fused-ring (bicyclic) bond motifs is 1. The molecule has 5 rings (SSSR count). The van der Waals surface area contributed by atoms with Crippen molar-refractivity contribution in [1.82, 2.24) is 14.7 Å². The summed E-state index contributed by atoms with van der Waals surface area (Å²) in [6, 6.07) is 17.1. The molecule has 5 nitrogen and oxygen atoms in total. The number of rotatable bonds is 4. The molecule has 1 fully saturated rings. The lowest BCUT2D eigenvalue weighted by Gasteiger charge is -2.37. The fourth-order valence-electron chi connectivity index (χ4n) is 4.99. The Morgan fingerprint density at radius 1 is 0.829 bits per heavy atom. The quantitative estimate of drug-likeness (QED) is 0.457. The van der Waals surface area contributed by atoms with Crippen LogP contribution in [-0.4, -0.2) is 65.8 Å².